The second kappa shape index (κ2) is 8.11. The molecule has 27 heavy (non-hydrogen) atoms. The summed E-state index contributed by atoms with van der Waals surface area (Å²) >= 11 is 0. The highest BCUT2D eigenvalue weighted by atomic mass is 15.5. The number of aromatic nitrogens is 6. The number of hydrogen-bond acceptors (Lipinski definition) is 4. The molecule has 0 spiro atoms. The normalized spacial score (nSPS) is 12.9. The fourth-order valence-corrected chi connectivity index (χ4v) is 1.87. The third-order valence-corrected chi connectivity index (χ3v) is 3.90. The van der Waals surface area contributed by atoms with E-state index in [0.717, 1.165) is 11.4 Å². The Bertz CT molecular complexity index is 577. The topological polar surface area (TPSA) is 61.4 Å². The summed E-state index contributed by atoms with van der Waals surface area (Å²) in [6, 6.07) is 0. The number of nitrogens with zero attached hydrogens (tertiary/aromatic N) is 6. The first-order valence-corrected chi connectivity index (χ1v) is 9.29. The molecule has 0 fully saturated rings. The molecule has 0 aliphatic rings. The molecule has 0 bridgehead atoms. The molecule has 2 aromatic heterocycles. The predicted octanol–water partition coefficient (Wildman–Crippen LogP) is 5.30. The fourth-order valence-electron chi connectivity index (χ4n) is 1.87. The Balaban J connectivity index is 0.000000483. The molecule has 0 aromatic carbocycles. The molecule has 0 N–H and O–H groups in total. The number of hydrogen-bond donors (Lipinski definition) is 0. The van der Waals surface area contributed by atoms with E-state index in [4.69, 9.17) is 0 Å². The van der Waals surface area contributed by atoms with Crippen molar-refractivity contribution >= 4 is 0 Å². The van der Waals surface area contributed by atoms with Gasteiger partial charge in [-0.3, -0.25) is 0 Å². The third kappa shape index (κ3) is 7.43. The van der Waals surface area contributed by atoms with Gasteiger partial charge in [-0.15, -0.1) is 10.2 Å². The van der Waals surface area contributed by atoms with Crippen molar-refractivity contribution in [2.75, 3.05) is 0 Å². The van der Waals surface area contributed by atoms with Crippen molar-refractivity contribution in [3.63, 3.8) is 0 Å². The largest absolute Gasteiger partial charge is 0.247 e. The Labute approximate surface area is 166 Å². The molecule has 0 saturated carbocycles. The Hall–Kier alpha value is -1.72. The highest BCUT2D eigenvalue weighted by molar-refractivity contribution is 5.07. The average molecular weight is 379 g/mol. The molecule has 0 radical (unpaired) electrons. The van der Waals surface area contributed by atoms with Gasteiger partial charge in [-0.2, -0.15) is 0 Å². The number of rotatable bonds is 0. The van der Waals surface area contributed by atoms with Crippen LogP contribution >= 0.6 is 0 Å². The standard InChI is InChI=1S/2C10H19N3.CH4/c2*1-9(2,3)8-7-13(12-11-8)10(4,5)6;/h2*7H,1-6H3;1H4. The van der Waals surface area contributed by atoms with Crippen LogP contribution in [0.1, 0.15) is 102 Å². The summed E-state index contributed by atoms with van der Waals surface area (Å²) in [5.74, 6) is 0. The van der Waals surface area contributed by atoms with Crippen LogP contribution in [0, 0.1) is 0 Å². The smallest absolute Gasteiger partial charge is 0.0880 e. The predicted molar refractivity (Wildman–Crippen MR) is 114 cm³/mol. The molecule has 2 heterocycles. The maximum Gasteiger partial charge on any atom is 0.0880 e. The lowest BCUT2D eigenvalue weighted by Crippen LogP contribution is -2.22. The summed E-state index contributed by atoms with van der Waals surface area (Å²) in [7, 11) is 0. The lowest BCUT2D eigenvalue weighted by Gasteiger charge is -2.18. The van der Waals surface area contributed by atoms with Crippen molar-refractivity contribution in [2.45, 2.75) is 112 Å². The molecule has 0 amide bonds. The van der Waals surface area contributed by atoms with E-state index >= 15 is 0 Å². The molecule has 0 aliphatic carbocycles. The van der Waals surface area contributed by atoms with Gasteiger partial charge in [0.05, 0.1) is 22.5 Å². The van der Waals surface area contributed by atoms with Gasteiger partial charge in [-0.1, -0.05) is 59.4 Å². The van der Waals surface area contributed by atoms with Crippen molar-refractivity contribution in [2.24, 2.45) is 0 Å². The zero-order valence-electron chi connectivity index (χ0n) is 18.8. The van der Waals surface area contributed by atoms with Crippen LogP contribution in [0.5, 0.6) is 0 Å². The Kier molecular flexibility index (Phi) is 7.59. The summed E-state index contributed by atoms with van der Waals surface area (Å²) in [5, 5.41) is 16.6. The monoisotopic (exact) mass is 378 g/mol. The summed E-state index contributed by atoms with van der Waals surface area (Å²) < 4.78 is 3.82. The van der Waals surface area contributed by atoms with Gasteiger partial charge < -0.3 is 0 Å². The second-order valence-electron chi connectivity index (χ2n) is 10.9. The van der Waals surface area contributed by atoms with Gasteiger partial charge in [0.2, 0.25) is 0 Å². The Morgan fingerprint density at radius 3 is 0.926 bits per heavy atom. The van der Waals surface area contributed by atoms with Crippen molar-refractivity contribution in [1.82, 2.24) is 30.0 Å². The first kappa shape index (κ1) is 25.3. The van der Waals surface area contributed by atoms with Gasteiger partial charge in [0.25, 0.3) is 0 Å². The van der Waals surface area contributed by atoms with E-state index in [1.54, 1.807) is 0 Å². The zero-order valence-corrected chi connectivity index (χ0v) is 18.8. The van der Waals surface area contributed by atoms with E-state index in [0.29, 0.717) is 0 Å². The van der Waals surface area contributed by atoms with Crippen LogP contribution in [0.4, 0.5) is 0 Å². The lowest BCUT2D eigenvalue weighted by atomic mass is 9.93. The van der Waals surface area contributed by atoms with Gasteiger partial charge in [0, 0.05) is 23.2 Å². The summed E-state index contributed by atoms with van der Waals surface area (Å²) in [4.78, 5) is 0. The van der Waals surface area contributed by atoms with E-state index in [2.05, 4.69) is 104 Å². The Morgan fingerprint density at radius 1 is 0.556 bits per heavy atom. The minimum atomic E-state index is 0. The molecule has 156 valence electrons. The van der Waals surface area contributed by atoms with Crippen molar-refractivity contribution in [3.05, 3.63) is 23.8 Å². The van der Waals surface area contributed by atoms with Crippen molar-refractivity contribution in [3.8, 4) is 0 Å². The summed E-state index contributed by atoms with van der Waals surface area (Å²) in [6.07, 6.45) is 4.06. The van der Waals surface area contributed by atoms with Crippen LogP contribution in [0.2, 0.25) is 0 Å². The molecule has 2 aromatic rings. The van der Waals surface area contributed by atoms with Gasteiger partial charge in [0.1, 0.15) is 0 Å². The molecule has 2 rings (SSSR count). The molecule has 0 unspecified atom stereocenters. The Morgan fingerprint density at radius 2 is 0.815 bits per heavy atom. The molecule has 0 saturated heterocycles. The maximum absolute atomic E-state index is 4.17. The highest BCUT2D eigenvalue weighted by Crippen LogP contribution is 2.22. The second-order valence-corrected chi connectivity index (χ2v) is 10.9. The van der Waals surface area contributed by atoms with Gasteiger partial charge in [-0.25, -0.2) is 9.36 Å². The van der Waals surface area contributed by atoms with E-state index in [1.807, 2.05) is 21.8 Å². The van der Waals surface area contributed by atoms with Gasteiger partial charge >= 0.3 is 0 Å². The minimum Gasteiger partial charge on any atom is -0.247 e. The fraction of sp³-hybridized carbons (Fsp3) is 0.810. The molecule has 0 aliphatic heterocycles. The third-order valence-electron chi connectivity index (χ3n) is 3.90. The first-order chi connectivity index (χ1) is 11.4. The van der Waals surface area contributed by atoms with Crippen molar-refractivity contribution < 1.29 is 0 Å². The molecule has 6 nitrogen and oxygen atoms in total. The quantitative estimate of drug-likeness (QED) is 0.624. The average Bonchev–Trinajstić information content (AvgIpc) is 3.06. The van der Waals surface area contributed by atoms with Crippen LogP contribution in [0.25, 0.3) is 0 Å². The lowest BCUT2D eigenvalue weighted by molar-refractivity contribution is 0.346. The van der Waals surface area contributed by atoms with Crippen LogP contribution in [-0.2, 0) is 21.9 Å². The summed E-state index contributed by atoms with van der Waals surface area (Å²) in [6.45, 7) is 25.6. The maximum atomic E-state index is 4.17. The zero-order chi connectivity index (χ0) is 20.6. The van der Waals surface area contributed by atoms with Crippen LogP contribution in [-0.4, -0.2) is 30.0 Å². The SMILES string of the molecule is C.CC(C)(C)c1cn(C(C)(C)C)nn1.CC(C)(C)c1cn(C(C)(C)C)nn1. The summed E-state index contributed by atoms with van der Waals surface area (Å²) in [5.41, 5.74) is 2.31. The van der Waals surface area contributed by atoms with Gasteiger partial charge in [0.15, 0.2) is 0 Å². The molecular weight excluding hydrogens is 336 g/mol. The van der Waals surface area contributed by atoms with Crippen molar-refractivity contribution in [1.29, 1.82) is 0 Å². The van der Waals surface area contributed by atoms with E-state index < -0.39 is 0 Å². The van der Waals surface area contributed by atoms with E-state index in [9.17, 15) is 0 Å². The minimum absolute atomic E-state index is 0. The highest BCUT2D eigenvalue weighted by Gasteiger charge is 2.22. The molecule has 6 heteroatoms. The van der Waals surface area contributed by atoms with E-state index in [-0.39, 0.29) is 29.3 Å². The first-order valence-electron chi connectivity index (χ1n) is 9.29. The molecule has 0 atom stereocenters. The van der Waals surface area contributed by atoms with Gasteiger partial charge in [-0.05, 0) is 41.5 Å². The van der Waals surface area contributed by atoms with Crippen LogP contribution in [0.15, 0.2) is 12.4 Å². The van der Waals surface area contributed by atoms with E-state index in [1.165, 1.54) is 0 Å². The van der Waals surface area contributed by atoms with Crippen LogP contribution < -0.4 is 0 Å². The van der Waals surface area contributed by atoms with Crippen LogP contribution in [0.3, 0.4) is 0 Å². The molecular formula is C21H42N6.